The van der Waals surface area contributed by atoms with Crippen molar-refractivity contribution in [3.8, 4) is 34.5 Å². The van der Waals surface area contributed by atoms with E-state index in [1.807, 2.05) is 0 Å². The van der Waals surface area contributed by atoms with E-state index in [0.29, 0.717) is 6.42 Å². The molecule has 3 rings (SSSR count). The van der Waals surface area contributed by atoms with E-state index in [4.69, 9.17) is 9.47 Å². The Morgan fingerprint density at radius 2 is 1.17 bits per heavy atom. The molecule has 1 saturated carbocycles. The van der Waals surface area contributed by atoms with Gasteiger partial charge in [-0.1, -0.05) is 6.42 Å². The number of aromatic hydroxyl groups is 4. The smallest absolute Gasteiger partial charge is 0.311 e. The summed E-state index contributed by atoms with van der Waals surface area (Å²) < 4.78 is 10.4. The molecule has 160 valence electrons. The Labute approximate surface area is 173 Å². The zero-order valence-electron chi connectivity index (χ0n) is 16.3. The van der Waals surface area contributed by atoms with Crippen LogP contribution in [0.4, 0.5) is 0 Å². The third kappa shape index (κ3) is 5.79. The summed E-state index contributed by atoms with van der Waals surface area (Å²) in [6.07, 6.45) is 3.67. The number of phenols is 4. The third-order valence-electron chi connectivity index (χ3n) is 5.16. The molecule has 30 heavy (non-hydrogen) atoms. The van der Waals surface area contributed by atoms with E-state index in [0.717, 1.165) is 19.3 Å². The first-order chi connectivity index (χ1) is 14.3. The molecule has 2 aromatic rings. The lowest BCUT2D eigenvalue weighted by molar-refractivity contribution is -0.136. The zero-order chi connectivity index (χ0) is 21.7. The van der Waals surface area contributed by atoms with Gasteiger partial charge in [-0.15, -0.1) is 0 Å². The highest BCUT2D eigenvalue weighted by atomic mass is 16.5. The van der Waals surface area contributed by atoms with Crippen molar-refractivity contribution in [1.29, 1.82) is 0 Å². The Bertz CT molecular complexity index is 850. The summed E-state index contributed by atoms with van der Waals surface area (Å²) in [4.78, 5) is 24.4. The maximum absolute atomic E-state index is 12.2. The lowest BCUT2D eigenvalue weighted by Crippen LogP contribution is -2.23. The average Bonchev–Trinajstić information content (AvgIpc) is 2.68. The average molecular weight is 416 g/mol. The minimum Gasteiger partial charge on any atom is -0.504 e. The van der Waals surface area contributed by atoms with Gasteiger partial charge in [-0.2, -0.15) is 0 Å². The number of hydrogen-bond donors (Lipinski definition) is 4. The lowest BCUT2D eigenvalue weighted by Gasteiger charge is -2.28. The van der Waals surface area contributed by atoms with Crippen molar-refractivity contribution < 1.29 is 39.5 Å². The summed E-state index contributed by atoms with van der Waals surface area (Å²) in [6, 6.07) is 7.63. The summed E-state index contributed by atoms with van der Waals surface area (Å²) in [6.45, 7) is 0. The van der Waals surface area contributed by atoms with Crippen molar-refractivity contribution in [3.63, 3.8) is 0 Å². The van der Waals surface area contributed by atoms with E-state index < -0.39 is 11.9 Å². The normalized spacial score (nSPS) is 18.5. The molecule has 1 fully saturated rings. The summed E-state index contributed by atoms with van der Waals surface area (Å²) >= 11 is 0. The molecule has 0 radical (unpaired) electrons. The molecular weight excluding hydrogens is 392 g/mol. The molecule has 1 aliphatic rings. The Morgan fingerprint density at radius 3 is 1.57 bits per heavy atom. The van der Waals surface area contributed by atoms with Crippen molar-refractivity contribution in [2.75, 3.05) is 0 Å². The maximum Gasteiger partial charge on any atom is 0.311 e. The molecule has 0 aliphatic heterocycles. The number of rotatable bonds is 6. The van der Waals surface area contributed by atoms with Crippen LogP contribution in [0.5, 0.6) is 34.5 Å². The summed E-state index contributed by atoms with van der Waals surface area (Å²) in [5.41, 5.74) is 0. The van der Waals surface area contributed by atoms with Gasteiger partial charge in [-0.05, 0) is 55.4 Å². The van der Waals surface area contributed by atoms with Crippen LogP contribution in [0.2, 0.25) is 0 Å². The van der Waals surface area contributed by atoms with Gasteiger partial charge in [0.15, 0.2) is 23.0 Å². The van der Waals surface area contributed by atoms with Crippen LogP contribution < -0.4 is 9.47 Å². The molecular formula is C22H24O8. The Hall–Kier alpha value is -3.42. The van der Waals surface area contributed by atoms with Crippen molar-refractivity contribution in [2.24, 2.45) is 11.8 Å². The molecule has 0 amide bonds. The van der Waals surface area contributed by atoms with Crippen molar-refractivity contribution in [2.45, 2.75) is 38.5 Å². The van der Waals surface area contributed by atoms with Gasteiger partial charge in [-0.3, -0.25) is 9.59 Å². The minimum absolute atomic E-state index is 0.0764. The topological polar surface area (TPSA) is 134 Å². The minimum atomic E-state index is -0.437. The first kappa shape index (κ1) is 21.3. The first-order valence-corrected chi connectivity index (χ1v) is 9.75. The van der Waals surface area contributed by atoms with Crippen LogP contribution in [0.1, 0.15) is 38.5 Å². The SMILES string of the molecule is O=C(CC1CCCC(CC(=O)Oc2ccc(O)c(O)c2)C1)Oc1ccc(O)c(O)c1. The van der Waals surface area contributed by atoms with Crippen LogP contribution in [-0.2, 0) is 9.59 Å². The second-order valence-corrected chi connectivity index (χ2v) is 7.56. The molecule has 2 aromatic carbocycles. The monoisotopic (exact) mass is 416 g/mol. The predicted octanol–water partition coefficient (Wildman–Crippen LogP) is 3.61. The number of benzene rings is 2. The van der Waals surface area contributed by atoms with Crippen LogP contribution in [0.3, 0.4) is 0 Å². The van der Waals surface area contributed by atoms with Crippen LogP contribution in [0.25, 0.3) is 0 Å². The molecule has 8 nitrogen and oxygen atoms in total. The Kier molecular flexibility index (Phi) is 6.66. The number of ether oxygens (including phenoxy) is 2. The molecule has 2 unspecified atom stereocenters. The first-order valence-electron chi connectivity index (χ1n) is 9.75. The van der Waals surface area contributed by atoms with E-state index in [2.05, 4.69) is 0 Å². The van der Waals surface area contributed by atoms with Gasteiger partial charge in [0.05, 0.1) is 0 Å². The third-order valence-corrected chi connectivity index (χ3v) is 5.16. The highest BCUT2D eigenvalue weighted by molar-refractivity contribution is 5.74. The number of carbonyl (C=O) groups is 2. The van der Waals surface area contributed by atoms with Crippen LogP contribution >= 0.6 is 0 Å². The molecule has 8 heteroatoms. The zero-order valence-corrected chi connectivity index (χ0v) is 16.3. The van der Waals surface area contributed by atoms with Gasteiger partial charge in [0.2, 0.25) is 0 Å². The van der Waals surface area contributed by atoms with Crippen molar-refractivity contribution in [1.82, 2.24) is 0 Å². The van der Waals surface area contributed by atoms with Crippen LogP contribution in [0.15, 0.2) is 36.4 Å². The standard InChI is InChI=1S/C22H24O8/c23-17-6-4-15(11-19(17)25)29-21(27)9-13-2-1-3-14(8-13)10-22(28)30-16-5-7-18(24)20(26)12-16/h4-7,11-14,23-26H,1-3,8-10H2. The largest absolute Gasteiger partial charge is 0.504 e. The quantitative estimate of drug-likeness (QED) is 0.319. The predicted molar refractivity (Wildman–Crippen MR) is 105 cm³/mol. The number of phenolic OH excluding ortho intramolecular Hbond substituents is 4. The molecule has 0 spiro atoms. The second-order valence-electron chi connectivity index (χ2n) is 7.56. The van der Waals surface area contributed by atoms with E-state index in [-0.39, 0.29) is 59.2 Å². The Balaban J connectivity index is 1.48. The molecule has 1 aliphatic carbocycles. The molecule has 2 atom stereocenters. The molecule has 0 saturated heterocycles. The van der Waals surface area contributed by atoms with Gasteiger partial charge < -0.3 is 29.9 Å². The van der Waals surface area contributed by atoms with Gasteiger partial charge in [0, 0.05) is 25.0 Å². The number of esters is 2. The fourth-order valence-corrected chi connectivity index (χ4v) is 3.72. The maximum atomic E-state index is 12.2. The van der Waals surface area contributed by atoms with E-state index in [1.165, 1.54) is 36.4 Å². The summed E-state index contributed by atoms with van der Waals surface area (Å²) in [7, 11) is 0. The van der Waals surface area contributed by atoms with Crippen molar-refractivity contribution >= 4 is 11.9 Å². The molecule has 0 aromatic heterocycles. The molecule has 0 heterocycles. The van der Waals surface area contributed by atoms with Gasteiger partial charge in [0.1, 0.15) is 11.5 Å². The molecule has 4 N–H and O–H groups in total. The summed E-state index contributed by atoms with van der Waals surface area (Å²) in [5.74, 6) is -1.72. The number of hydrogen-bond acceptors (Lipinski definition) is 8. The Morgan fingerprint density at radius 1 is 0.733 bits per heavy atom. The number of carbonyl (C=O) groups excluding carboxylic acids is 2. The fourth-order valence-electron chi connectivity index (χ4n) is 3.72. The summed E-state index contributed by atoms with van der Waals surface area (Å²) in [5, 5.41) is 37.6. The fraction of sp³-hybridized carbons (Fsp3) is 0.364. The second kappa shape index (κ2) is 9.39. The molecule has 0 bridgehead atoms. The highest BCUT2D eigenvalue weighted by Crippen LogP contribution is 2.35. The highest BCUT2D eigenvalue weighted by Gasteiger charge is 2.27. The van der Waals surface area contributed by atoms with Crippen LogP contribution in [-0.4, -0.2) is 32.4 Å². The van der Waals surface area contributed by atoms with Crippen LogP contribution in [0, 0.1) is 11.8 Å². The van der Waals surface area contributed by atoms with E-state index >= 15 is 0 Å². The van der Waals surface area contributed by atoms with Gasteiger partial charge >= 0.3 is 11.9 Å². The van der Waals surface area contributed by atoms with E-state index in [1.54, 1.807) is 0 Å². The van der Waals surface area contributed by atoms with Gasteiger partial charge in [-0.25, -0.2) is 0 Å². The van der Waals surface area contributed by atoms with Crippen molar-refractivity contribution in [3.05, 3.63) is 36.4 Å². The lowest BCUT2D eigenvalue weighted by atomic mass is 9.78. The van der Waals surface area contributed by atoms with E-state index in [9.17, 15) is 30.0 Å². The van der Waals surface area contributed by atoms with Gasteiger partial charge in [0.25, 0.3) is 0 Å².